The number of hydrogen-bond acceptors (Lipinski definition) is 4. The molecule has 1 aliphatic rings. The first kappa shape index (κ1) is 13.6. The van der Waals surface area contributed by atoms with Crippen molar-refractivity contribution in [1.82, 2.24) is 19.6 Å². The molecule has 2 aromatic rings. The first-order valence-corrected chi connectivity index (χ1v) is 8.07. The van der Waals surface area contributed by atoms with E-state index in [0.717, 1.165) is 24.2 Å². The van der Waals surface area contributed by atoms with Crippen LogP contribution in [-0.4, -0.2) is 38.0 Å². The smallest absolute Gasteiger partial charge is 0.349 e. The topological polar surface area (TPSA) is 66.3 Å². The lowest BCUT2D eigenvalue weighted by Gasteiger charge is -2.33. The van der Waals surface area contributed by atoms with Gasteiger partial charge in [-0.1, -0.05) is 15.9 Å². The maximum absolute atomic E-state index is 11.6. The molecule has 1 saturated heterocycles. The monoisotopic (exact) mass is 339 g/mol. The zero-order valence-corrected chi connectivity index (χ0v) is 13.1. The fraction of sp³-hybridized carbons (Fsp3) is 0.615. The summed E-state index contributed by atoms with van der Waals surface area (Å²) in [5.41, 5.74) is 0.410. The molecule has 1 aliphatic heterocycles. The van der Waals surface area contributed by atoms with E-state index in [2.05, 4.69) is 36.0 Å². The van der Waals surface area contributed by atoms with Gasteiger partial charge in [-0.3, -0.25) is 0 Å². The van der Waals surface area contributed by atoms with E-state index in [1.807, 2.05) is 13.0 Å². The van der Waals surface area contributed by atoms with Gasteiger partial charge >= 0.3 is 5.69 Å². The Hall–Kier alpha value is -1.37. The predicted octanol–water partition coefficient (Wildman–Crippen LogP) is 1.73. The van der Waals surface area contributed by atoms with E-state index in [0.29, 0.717) is 17.4 Å². The summed E-state index contributed by atoms with van der Waals surface area (Å²) in [6.45, 7) is 3.90. The second-order valence-corrected chi connectivity index (χ2v) is 6.11. The number of nitrogens with one attached hydrogen (secondary N) is 1. The van der Waals surface area contributed by atoms with Crippen LogP contribution in [0.1, 0.15) is 25.1 Å². The minimum Gasteiger partial charge on any atom is -0.356 e. The molecule has 3 rings (SSSR count). The summed E-state index contributed by atoms with van der Waals surface area (Å²) in [5.74, 6) is 2.31. The number of alkyl halides is 1. The summed E-state index contributed by atoms with van der Waals surface area (Å²) in [6.07, 6.45) is 3.67. The minimum atomic E-state index is -0.229. The van der Waals surface area contributed by atoms with Crippen molar-refractivity contribution in [3.05, 3.63) is 22.4 Å². The lowest BCUT2D eigenvalue weighted by atomic mass is 9.96. The third-order valence-electron chi connectivity index (χ3n) is 3.92. The van der Waals surface area contributed by atoms with E-state index in [-0.39, 0.29) is 5.69 Å². The number of hydrogen-bond donors (Lipinski definition) is 1. The standard InChI is InChI=1S/C13H18BrN5O/c1-9-15-11(7-12-16-17-13(20)19(9)12)18-6-2-3-10(8-18)4-5-14/h7,10H,2-6,8H2,1H3,(H,17,20). The number of rotatable bonds is 3. The van der Waals surface area contributed by atoms with Crippen LogP contribution in [0.3, 0.4) is 0 Å². The van der Waals surface area contributed by atoms with Crippen LogP contribution in [0.4, 0.5) is 5.82 Å². The Morgan fingerprint density at radius 3 is 3.20 bits per heavy atom. The molecule has 1 fully saturated rings. The number of nitrogens with zero attached hydrogens (tertiary/aromatic N) is 4. The lowest BCUT2D eigenvalue weighted by Crippen LogP contribution is -2.36. The first-order valence-electron chi connectivity index (χ1n) is 6.94. The van der Waals surface area contributed by atoms with Gasteiger partial charge in [-0.15, -0.1) is 0 Å². The number of piperidine rings is 1. The number of anilines is 1. The van der Waals surface area contributed by atoms with Crippen LogP contribution in [0.15, 0.2) is 10.9 Å². The van der Waals surface area contributed by atoms with Crippen molar-refractivity contribution < 1.29 is 0 Å². The molecule has 3 heterocycles. The van der Waals surface area contributed by atoms with Gasteiger partial charge in [0.05, 0.1) is 0 Å². The third kappa shape index (κ3) is 2.46. The Labute approximate surface area is 125 Å². The van der Waals surface area contributed by atoms with Crippen molar-refractivity contribution >= 4 is 27.4 Å². The molecule has 1 unspecified atom stereocenters. The lowest BCUT2D eigenvalue weighted by molar-refractivity contribution is 0.406. The highest BCUT2D eigenvalue weighted by Crippen LogP contribution is 2.24. The van der Waals surface area contributed by atoms with Crippen molar-refractivity contribution in [3.63, 3.8) is 0 Å². The highest BCUT2D eigenvalue weighted by molar-refractivity contribution is 9.09. The number of H-pyrrole nitrogens is 1. The summed E-state index contributed by atoms with van der Waals surface area (Å²) >= 11 is 3.52. The van der Waals surface area contributed by atoms with Crippen molar-refractivity contribution in [1.29, 1.82) is 0 Å². The van der Waals surface area contributed by atoms with Gasteiger partial charge in [0.1, 0.15) is 11.6 Å². The second kappa shape index (κ2) is 5.55. The van der Waals surface area contributed by atoms with E-state index in [4.69, 9.17) is 0 Å². The summed E-state index contributed by atoms with van der Waals surface area (Å²) in [5, 5.41) is 7.56. The summed E-state index contributed by atoms with van der Waals surface area (Å²) < 4.78 is 1.50. The molecule has 1 atom stereocenters. The van der Waals surface area contributed by atoms with Crippen LogP contribution < -0.4 is 10.6 Å². The quantitative estimate of drug-likeness (QED) is 0.865. The molecule has 0 aromatic carbocycles. The van der Waals surface area contributed by atoms with Crippen molar-refractivity contribution in [3.8, 4) is 0 Å². The number of aromatic nitrogens is 4. The molecule has 6 nitrogen and oxygen atoms in total. The van der Waals surface area contributed by atoms with Gasteiger partial charge in [0.2, 0.25) is 0 Å². The van der Waals surface area contributed by atoms with E-state index in [9.17, 15) is 4.79 Å². The molecular weight excluding hydrogens is 322 g/mol. The van der Waals surface area contributed by atoms with Crippen molar-refractivity contribution in [2.24, 2.45) is 5.92 Å². The van der Waals surface area contributed by atoms with E-state index < -0.39 is 0 Å². The molecule has 108 valence electrons. The SMILES string of the molecule is Cc1nc(N2CCCC(CCBr)C2)cc2n[nH]c(=O)n12. The van der Waals surface area contributed by atoms with E-state index in [1.54, 1.807) is 0 Å². The van der Waals surface area contributed by atoms with E-state index >= 15 is 0 Å². The van der Waals surface area contributed by atoms with Gasteiger partial charge in [-0.05, 0) is 32.1 Å². The largest absolute Gasteiger partial charge is 0.356 e. The normalized spacial score (nSPS) is 19.7. The maximum atomic E-state index is 11.6. The summed E-state index contributed by atoms with van der Waals surface area (Å²) in [7, 11) is 0. The number of fused-ring (bicyclic) bond motifs is 1. The molecule has 0 aliphatic carbocycles. The third-order valence-corrected chi connectivity index (χ3v) is 4.37. The van der Waals surface area contributed by atoms with Crippen LogP contribution in [0.2, 0.25) is 0 Å². The molecule has 1 N–H and O–H groups in total. The molecule has 0 amide bonds. The van der Waals surface area contributed by atoms with Crippen LogP contribution >= 0.6 is 15.9 Å². The number of aromatic amines is 1. The van der Waals surface area contributed by atoms with Crippen molar-refractivity contribution in [2.75, 3.05) is 23.3 Å². The van der Waals surface area contributed by atoms with Gasteiger partial charge in [0.25, 0.3) is 0 Å². The zero-order valence-electron chi connectivity index (χ0n) is 11.5. The Balaban J connectivity index is 1.91. The molecule has 0 radical (unpaired) electrons. The molecule has 20 heavy (non-hydrogen) atoms. The predicted molar refractivity (Wildman–Crippen MR) is 81.7 cm³/mol. The zero-order chi connectivity index (χ0) is 14.1. The van der Waals surface area contributed by atoms with Crippen LogP contribution in [0.5, 0.6) is 0 Å². The van der Waals surface area contributed by atoms with Gasteiger partial charge in [0, 0.05) is 24.5 Å². The Kier molecular flexibility index (Phi) is 3.78. The van der Waals surface area contributed by atoms with Crippen LogP contribution in [0.25, 0.3) is 5.65 Å². The Morgan fingerprint density at radius 1 is 1.55 bits per heavy atom. The Bertz CT molecular complexity index is 662. The van der Waals surface area contributed by atoms with Crippen LogP contribution in [0, 0.1) is 12.8 Å². The van der Waals surface area contributed by atoms with Crippen molar-refractivity contribution in [2.45, 2.75) is 26.2 Å². The number of aryl methyl sites for hydroxylation is 1. The second-order valence-electron chi connectivity index (χ2n) is 5.32. The molecule has 2 aromatic heterocycles. The minimum absolute atomic E-state index is 0.229. The first-order chi connectivity index (χ1) is 9.69. The highest BCUT2D eigenvalue weighted by Gasteiger charge is 2.21. The molecule has 0 bridgehead atoms. The Morgan fingerprint density at radius 2 is 2.40 bits per heavy atom. The van der Waals surface area contributed by atoms with Gasteiger partial charge in [0.15, 0.2) is 5.65 Å². The highest BCUT2D eigenvalue weighted by atomic mass is 79.9. The fourth-order valence-electron chi connectivity index (χ4n) is 2.91. The summed E-state index contributed by atoms with van der Waals surface area (Å²) in [6, 6.07) is 1.89. The van der Waals surface area contributed by atoms with Gasteiger partial charge < -0.3 is 4.90 Å². The molecule has 7 heteroatoms. The van der Waals surface area contributed by atoms with E-state index in [1.165, 1.54) is 23.7 Å². The van der Waals surface area contributed by atoms with Gasteiger partial charge in [-0.2, -0.15) is 5.10 Å². The van der Waals surface area contributed by atoms with Gasteiger partial charge in [-0.25, -0.2) is 19.3 Å². The fourth-order valence-corrected chi connectivity index (χ4v) is 3.55. The molecule has 0 spiro atoms. The maximum Gasteiger partial charge on any atom is 0.349 e. The average Bonchev–Trinajstić information content (AvgIpc) is 2.81. The molecule has 0 saturated carbocycles. The van der Waals surface area contributed by atoms with Crippen LogP contribution in [-0.2, 0) is 0 Å². The average molecular weight is 340 g/mol. The molecular formula is C13H18BrN5O. The number of halogens is 1. The summed E-state index contributed by atoms with van der Waals surface area (Å²) in [4.78, 5) is 18.5.